The van der Waals surface area contributed by atoms with Crippen LogP contribution in [0, 0.1) is 0 Å². The highest BCUT2D eigenvalue weighted by atomic mass is 16.5. The summed E-state index contributed by atoms with van der Waals surface area (Å²) in [5.41, 5.74) is 5.96. The van der Waals surface area contributed by atoms with Crippen LogP contribution in [0.2, 0.25) is 0 Å². The van der Waals surface area contributed by atoms with Gasteiger partial charge < -0.3 is 25.4 Å². The predicted octanol–water partition coefficient (Wildman–Crippen LogP) is -0.942. The van der Waals surface area contributed by atoms with Gasteiger partial charge in [0, 0.05) is 12.6 Å². The number of aromatic nitrogens is 4. The fourth-order valence-electron chi connectivity index (χ4n) is 2.26. The van der Waals surface area contributed by atoms with E-state index < -0.39 is 18.4 Å². The maximum absolute atomic E-state index is 9.74. The zero-order chi connectivity index (χ0) is 14.3. The molecule has 0 bridgehead atoms. The first-order valence-electron chi connectivity index (χ1n) is 6.13. The quantitative estimate of drug-likeness (QED) is 0.657. The number of fused-ring (bicyclic) bond motifs is 1. The number of nitrogen functional groups attached to an aromatic ring is 1. The second-order valence-corrected chi connectivity index (χ2v) is 4.55. The van der Waals surface area contributed by atoms with Gasteiger partial charge in [-0.05, 0) is 0 Å². The average molecular weight is 281 g/mol. The van der Waals surface area contributed by atoms with Gasteiger partial charge in [0.2, 0.25) is 11.8 Å². The number of hydrogen-bond donors (Lipinski definition) is 3. The fourth-order valence-corrected chi connectivity index (χ4v) is 2.26. The summed E-state index contributed by atoms with van der Waals surface area (Å²) in [7, 11) is 1.48. The van der Waals surface area contributed by atoms with E-state index in [4.69, 9.17) is 20.3 Å². The molecule has 20 heavy (non-hydrogen) atoms. The Balaban J connectivity index is 1.98. The maximum atomic E-state index is 9.74. The molecular formula is C11H15N5O4. The Morgan fingerprint density at radius 3 is 3.00 bits per heavy atom. The number of nitrogens with two attached hydrogens (primary N) is 1. The van der Waals surface area contributed by atoms with E-state index in [0.29, 0.717) is 23.3 Å². The minimum absolute atomic E-state index is 0.0696. The lowest BCUT2D eigenvalue weighted by molar-refractivity contribution is -0.0482. The van der Waals surface area contributed by atoms with Crippen LogP contribution in [-0.4, -0.2) is 55.9 Å². The minimum atomic E-state index is -0.727. The molecule has 1 saturated heterocycles. The van der Waals surface area contributed by atoms with E-state index in [0.717, 1.165) is 0 Å². The normalized spacial score (nSPS) is 26.2. The Kier molecular flexibility index (Phi) is 3.16. The second-order valence-electron chi connectivity index (χ2n) is 4.55. The van der Waals surface area contributed by atoms with Gasteiger partial charge in [0.15, 0.2) is 11.9 Å². The van der Waals surface area contributed by atoms with Crippen LogP contribution in [-0.2, 0) is 4.74 Å². The van der Waals surface area contributed by atoms with E-state index >= 15 is 0 Å². The summed E-state index contributed by atoms with van der Waals surface area (Å²) in [6.45, 7) is -0.242. The van der Waals surface area contributed by atoms with Crippen LogP contribution in [0.3, 0.4) is 0 Å². The van der Waals surface area contributed by atoms with Gasteiger partial charge in [0.25, 0.3) is 0 Å². The number of aliphatic hydroxyl groups is 2. The summed E-state index contributed by atoms with van der Waals surface area (Å²) in [6, 6.07) is 0. The third-order valence-electron chi connectivity index (χ3n) is 3.25. The third kappa shape index (κ3) is 2.05. The molecule has 3 atom stereocenters. The first-order chi connectivity index (χ1) is 9.62. The van der Waals surface area contributed by atoms with Gasteiger partial charge in [0.1, 0.15) is 11.5 Å². The summed E-state index contributed by atoms with van der Waals surface area (Å²) in [6.07, 6.45) is 0.206. The predicted molar refractivity (Wildman–Crippen MR) is 67.9 cm³/mol. The van der Waals surface area contributed by atoms with Crippen LogP contribution >= 0.6 is 0 Å². The number of nitrogens with zero attached hydrogens (tertiary/aromatic N) is 4. The molecule has 0 unspecified atom stereocenters. The largest absolute Gasteiger partial charge is 0.480 e. The van der Waals surface area contributed by atoms with Crippen molar-refractivity contribution in [1.82, 2.24) is 19.7 Å². The minimum Gasteiger partial charge on any atom is -0.480 e. The van der Waals surface area contributed by atoms with Crippen molar-refractivity contribution in [1.29, 1.82) is 0 Å². The number of hydrogen-bond acceptors (Lipinski definition) is 8. The fraction of sp³-hybridized carbons (Fsp3) is 0.545. The molecule has 9 nitrogen and oxygen atoms in total. The lowest BCUT2D eigenvalue weighted by Crippen LogP contribution is -2.24. The first-order valence-corrected chi connectivity index (χ1v) is 6.13. The number of ether oxygens (including phenoxy) is 2. The molecule has 4 N–H and O–H groups in total. The lowest BCUT2D eigenvalue weighted by atomic mass is 10.2. The van der Waals surface area contributed by atoms with Crippen LogP contribution in [0.1, 0.15) is 12.6 Å². The molecule has 0 spiro atoms. The molecular weight excluding hydrogens is 266 g/mol. The Morgan fingerprint density at radius 1 is 1.55 bits per heavy atom. The van der Waals surface area contributed by atoms with Gasteiger partial charge in [-0.2, -0.15) is 9.97 Å². The number of methoxy groups -OCH3 is 1. The molecule has 1 fully saturated rings. The molecule has 0 aromatic carbocycles. The topological polar surface area (TPSA) is 129 Å². The monoisotopic (exact) mass is 281 g/mol. The molecule has 9 heteroatoms. The summed E-state index contributed by atoms with van der Waals surface area (Å²) < 4.78 is 12.2. The van der Waals surface area contributed by atoms with E-state index in [9.17, 15) is 5.11 Å². The van der Waals surface area contributed by atoms with Crippen molar-refractivity contribution < 1.29 is 19.7 Å². The van der Waals surface area contributed by atoms with Crippen LogP contribution in [0.4, 0.5) is 5.95 Å². The molecule has 0 amide bonds. The third-order valence-corrected chi connectivity index (χ3v) is 3.25. The number of rotatable bonds is 3. The molecule has 0 aliphatic carbocycles. The Bertz CT molecular complexity index is 631. The van der Waals surface area contributed by atoms with Crippen LogP contribution in [0.15, 0.2) is 6.20 Å². The molecule has 2 aromatic heterocycles. The number of anilines is 1. The summed E-state index contributed by atoms with van der Waals surface area (Å²) >= 11 is 0. The van der Waals surface area contributed by atoms with Gasteiger partial charge in [-0.25, -0.2) is 4.68 Å². The van der Waals surface area contributed by atoms with E-state index in [1.807, 2.05) is 0 Å². The van der Waals surface area contributed by atoms with E-state index in [1.165, 1.54) is 11.8 Å². The maximum Gasteiger partial charge on any atom is 0.229 e. The van der Waals surface area contributed by atoms with Crippen molar-refractivity contribution in [2.45, 2.75) is 24.9 Å². The molecule has 1 aliphatic heterocycles. The zero-order valence-electron chi connectivity index (χ0n) is 10.8. The SMILES string of the molecule is COc1nc(N)nc2nn([C@H]3C[C@H](O)[C@@H](CO)O3)cc12. The van der Waals surface area contributed by atoms with Crippen LogP contribution < -0.4 is 10.5 Å². The van der Waals surface area contributed by atoms with Gasteiger partial charge in [-0.1, -0.05) is 0 Å². The smallest absolute Gasteiger partial charge is 0.229 e. The van der Waals surface area contributed by atoms with Crippen molar-refractivity contribution in [3.8, 4) is 5.88 Å². The molecule has 1 aliphatic rings. The molecule has 3 rings (SSSR count). The lowest BCUT2D eigenvalue weighted by Gasteiger charge is -2.11. The zero-order valence-corrected chi connectivity index (χ0v) is 10.8. The Hall–Kier alpha value is -1.97. The van der Waals surface area contributed by atoms with Crippen molar-refractivity contribution in [2.24, 2.45) is 0 Å². The van der Waals surface area contributed by atoms with E-state index in [1.54, 1.807) is 6.20 Å². The van der Waals surface area contributed by atoms with E-state index in [-0.39, 0.29) is 12.6 Å². The highest BCUT2D eigenvalue weighted by Gasteiger charge is 2.35. The molecule has 2 aromatic rings. The molecule has 0 radical (unpaired) electrons. The average Bonchev–Trinajstić information content (AvgIpc) is 3.00. The van der Waals surface area contributed by atoms with E-state index in [2.05, 4.69) is 15.1 Å². The van der Waals surface area contributed by atoms with Gasteiger partial charge in [-0.3, -0.25) is 0 Å². The molecule has 0 saturated carbocycles. The van der Waals surface area contributed by atoms with Crippen molar-refractivity contribution >= 4 is 17.0 Å². The first kappa shape index (κ1) is 13.0. The van der Waals surface area contributed by atoms with Gasteiger partial charge >= 0.3 is 0 Å². The van der Waals surface area contributed by atoms with Gasteiger partial charge in [-0.15, -0.1) is 5.10 Å². The van der Waals surface area contributed by atoms with Crippen molar-refractivity contribution in [2.75, 3.05) is 19.5 Å². The molecule has 108 valence electrons. The highest BCUT2D eigenvalue weighted by molar-refractivity contribution is 5.80. The standard InChI is InChI=1S/C11H15N5O4/c1-19-10-5-3-16(15-9(5)13-11(12)14-10)8-2-6(18)7(4-17)20-8/h3,6-8,17-18H,2,4H2,1H3,(H2,12,13,15)/t6-,7+,8+/m0/s1. The number of aliphatic hydroxyl groups excluding tert-OH is 2. The highest BCUT2D eigenvalue weighted by Crippen LogP contribution is 2.30. The van der Waals surface area contributed by atoms with Crippen molar-refractivity contribution in [3.63, 3.8) is 0 Å². The van der Waals surface area contributed by atoms with Crippen molar-refractivity contribution in [3.05, 3.63) is 6.20 Å². The Morgan fingerprint density at radius 2 is 2.35 bits per heavy atom. The summed E-state index contributed by atoms with van der Waals surface area (Å²) in [5, 5.41) is 23.7. The summed E-state index contributed by atoms with van der Waals surface area (Å²) in [5.74, 6) is 0.399. The summed E-state index contributed by atoms with van der Waals surface area (Å²) in [4.78, 5) is 7.99. The Labute approximate surface area is 113 Å². The van der Waals surface area contributed by atoms with Crippen LogP contribution in [0.5, 0.6) is 5.88 Å². The second kappa shape index (κ2) is 4.85. The van der Waals surface area contributed by atoms with Crippen LogP contribution in [0.25, 0.3) is 11.0 Å². The van der Waals surface area contributed by atoms with Gasteiger partial charge in [0.05, 0.1) is 19.8 Å². The molecule has 3 heterocycles.